The lowest BCUT2D eigenvalue weighted by molar-refractivity contribution is -0.143. The second kappa shape index (κ2) is 5.90. The number of carboxylic acids is 1. The van der Waals surface area contributed by atoms with E-state index in [1.54, 1.807) is 11.0 Å². The van der Waals surface area contributed by atoms with Gasteiger partial charge in [0.1, 0.15) is 5.82 Å². The van der Waals surface area contributed by atoms with Crippen molar-refractivity contribution in [2.24, 2.45) is 11.8 Å². The molecule has 0 saturated carbocycles. The Labute approximate surface area is 117 Å². The molecule has 2 amide bonds. The summed E-state index contributed by atoms with van der Waals surface area (Å²) in [6.07, 6.45) is 0.613. The number of amides is 2. The fourth-order valence-corrected chi connectivity index (χ4v) is 2.50. The molecule has 2 N–H and O–H groups in total. The van der Waals surface area contributed by atoms with Crippen molar-refractivity contribution >= 4 is 17.8 Å². The molecule has 1 aliphatic rings. The van der Waals surface area contributed by atoms with E-state index >= 15 is 0 Å². The van der Waals surface area contributed by atoms with Crippen molar-refractivity contribution in [2.45, 2.75) is 20.3 Å². The van der Waals surface area contributed by atoms with Crippen LogP contribution in [0, 0.1) is 18.8 Å². The summed E-state index contributed by atoms with van der Waals surface area (Å²) in [7, 11) is 0. The summed E-state index contributed by atoms with van der Waals surface area (Å²) in [5.74, 6) is -0.667. The first kappa shape index (κ1) is 14.3. The minimum Gasteiger partial charge on any atom is -0.481 e. The van der Waals surface area contributed by atoms with Crippen LogP contribution in [-0.4, -0.2) is 40.1 Å². The summed E-state index contributed by atoms with van der Waals surface area (Å²) in [5.41, 5.74) is 0.818. The van der Waals surface area contributed by atoms with Crippen LogP contribution < -0.4 is 5.32 Å². The van der Waals surface area contributed by atoms with Crippen LogP contribution in [0.15, 0.2) is 18.2 Å². The fourth-order valence-electron chi connectivity index (χ4n) is 2.50. The molecule has 1 aromatic heterocycles. The Balaban J connectivity index is 2.03. The highest BCUT2D eigenvalue weighted by Gasteiger charge is 2.31. The number of aryl methyl sites for hydroxylation is 1. The van der Waals surface area contributed by atoms with Gasteiger partial charge in [0.05, 0.1) is 5.92 Å². The molecule has 1 aliphatic heterocycles. The number of aliphatic carboxylic acids is 1. The molecule has 1 saturated heterocycles. The summed E-state index contributed by atoms with van der Waals surface area (Å²) in [6, 6.07) is 5.09. The van der Waals surface area contributed by atoms with E-state index in [9.17, 15) is 9.59 Å². The number of nitrogens with one attached hydrogen (secondary N) is 1. The summed E-state index contributed by atoms with van der Waals surface area (Å²) >= 11 is 0. The number of anilines is 1. The van der Waals surface area contributed by atoms with Gasteiger partial charge in [0, 0.05) is 18.8 Å². The average Bonchev–Trinajstić information content (AvgIpc) is 2.37. The molecule has 2 atom stereocenters. The lowest BCUT2D eigenvalue weighted by Gasteiger charge is -2.34. The van der Waals surface area contributed by atoms with Gasteiger partial charge in [0.2, 0.25) is 0 Å². The van der Waals surface area contributed by atoms with Crippen LogP contribution in [0.4, 0.5) is 10.6 Å². The van der Waals surface area contributed by atoms with E-state index in [4.69, 9.17) is 5.11 Å². The van der Waals surface area contributed by atoms with E-state index in [2.05, 4.69) is 10.3 Å². The first-order valence-corrected chi connectivity index (χ1v) is 6.68. The van der Waals surface area contributed by atoms with Gasteiger partial charge in [-0.15, -0.1) is 0 Å². The Morgan fingerprint density at radius 1 is 1.40 bits per heavy atom. The van der Waals surface area contributed by atoms with Gasteiger partial charge in [-0.25, -0.2) is 9.78 Å². The molecule has 2 heterocycles. The lowest BCUT2D eigenvalue weighted by Crippen LogP contribution is -2.47. The molecular formula is C14H19N3O3. The van der Waals surface area contributed by atoms with Gasteiger partial charge in [-0.05, 0) is 31.4 Å². The Hall–Kier alpha value is -2.11. The van der Waals surface area contributed by atoms with Crippen LogP contribution in [0.1, 0.15) is 19.0 Å². The van der Waals surface area contributed by atoms with Gasteiger partial charge in [-0.2, -0.15) is 0 Å². The molecule has 0 bridgehead atoms. The number of piperidine rings is 1. The normalized spacial score (nSPS) is 22.4. The third-order valence-electron chi connectivity index (χ3n) is 3.42. The maximum atomic E-state index is 12.2. The zero-order chi connectivity index (χ0) is 14.7. The zero-order valence-electron chi connectivity index (χ0n) is 11.7. The number of urea groups is 1. The number of pyridine rings is 1. The topological polar surface area (TPSA) is 82.5 Å². The van der Waals surface area contributed by atoms with Gasteiger partial charge in [-0.1, -0.05) is 13.0 Å². The number of carbonyl (C=O) groups is 2. The molecular weight excluding hydrogens is 258 g/mol. The van der Waals surface area contributed by atoms with Crippen LogP contribution in [0.3, 0.4) is 0 Å². The van der Waals surface area contributed by atoms with E-state index in [0.29, 0.717) is 18.8 Å². The van der Waals surface area contributed by atoms with Gasteiger partial charge in [0.15, 0.2) is 0 Å². The van der Waals surface area contributed by atoms with Crippen molar-refractivity contribution < 1.29 is 14.7 Å². The molecule has 1 aromatic rings. The highest BCUT2D eigenvalue weighted by molar-refractivity contribution is 5.88. The Morgan fingerprint density at radius 3 is 2.80 bits per heavy atom. The van der Waals surface area contributed by atoms with Crippen LogP contribution in [0.2, 0.25) is 0 Å². The van der Waals surface area contributed by atoms with Crippen LogP contribution >= 0.6 is 0 Å². The molecule has 2 unspecified atom stereocenters. The van der Waals surface area contributed by atoms with Crippen LogP contribution in [0.5, 0.6) is 0 Å². The van der Waals surface area contributed by atoms with Crippen molar-refractivity contribution in [1.29, 1.82) is 0 Å². The van der Waals surface area contributed by atoms with Gasteiger partial charge in [-0.3, -0.25) is 10.1 Å². The van der Waals surface area contributed by atoms with Crippen molar-refractivity contribution in [3.63, 3.8) is 0 Å². The largest absolute Gasteiger partial charge is 0.481 e. The van der Waals surface area contributed by atoms with E-state index in [-0.39, 0.29) is 18.5 Å². The Kier molecular flexibility index (Phi) is 4.22. The number of likely N-dealkylation sites (tertiary alicyclic amines) is 1. The summed E-state index contributed by atoms with van der Waals surface area (Å²) in [4.78, 5) is 29.0. The third kappa shape index (κ3) is 3.46. The van der Waals surface area contributed by atoms with Crippen molar-refractivity contribution in [3.05, 3.63) is 23.9 Å². The zero-order valence-corrected chi connectivity index (χ0v) is 11.7. The molecule has 0 spiro atoms. The van der Waals surface area contributed by atoms with Gasteiger partial charge < -0.3 is 10.0 Å². The van der Waals surface area contributed by atoms with Crippen LogP contribution in [-0.2, 0) is 4.79 Å². The predicted molar refractivity (Wildman–Crippen MR) is 74.5 cm³/mol. The molecule has 1 fully saturated rings. The monoisotopic (exact) mass is 277 g/mol. The first-order chi connectivity index (χ1) is 9.45. The maximum absolute atomic E-state index is 12.2. The lowest BCUT2D eigenvalue weighted by atomic mass is 9.91. The van der Waals surface area contributed by atoms with Crippen molar-refractivity contribution in [3.8, 4) is 0 Å². The van der Waals surface area contributed by atoms with Crippen LogP contribution in [0.25, 0.3) is 0 Å². The molecule has 108 valence electrons. The summed E-state index contributed by atoms with van der Waals surface area (Å²) < 4.78 is 0. The minimum absolute atomic E-state index is 0.182. The molecule has 6 nitrogen and oxygen atoms in total. The maximum Gasteiger partial charge on any atom is 0.323 e. The number of nitrogens with zero attached hydrogens (tertiary/aromatic N) is 2. The second-order valence-corrected chi connectivity index (χ2v) is 5.38. The van der Waals surface area contributed by atoms with E-state index in [1.165, 1.54) is 0 Å². The van der Waals surface area contributed by atoms with Gasteiger partial charge in [0.25, 0.3) is 0 Å². The number of aromatic nitrogens is 1. The van der Waals surface area contributed by atoms with E-state index in [1.807, 2.05) is 26.0 Å². The summed E-state index contributed by atoms with van der Waals surface area (Å²) in [5, 5.41) is 11.8. The number of hydrogen-bond acceptors (Lipinski definition) is 3. The molecule has 20 heavy (non-hydrogen) atoms. The molecule has 0 aromatic carbocycles. The first-order valence-electron chi connectivity index (χ1n) is 6.68. The number of carboxylic acid groups (broad SMARTS) is 1. The summed E-state index contributed by atoms with van der Waals surface area (Å²) in [6.45, 7) is 4.62. The van der Waals surface area contributed by atoms with Crippen molar-refractivity contribution in [1.82, 2.24) is 9.88 Å². The molecule has 2 rings (SSSR count). The molecule has 0 aliphatic carbocycles. The third-order valence-corrected chi connectivity index (χ3v) is 3.42. The number of carbonyl (C=O) groups excluding carboxylic acids is 1. The molecule has 6 heteroatoms. The highest BCUT2D eigenvalue weighted by Crippen LogP contribution is 2.22. The number of rotatable bonds is 2. The average molecular weight is 277 g/mol. The minimum atomic E-state index is -0.844. The highest BCUT2D eigenvalue weighted by atomic mass is 16.4. The van der Waals surface area contributed by atoms with Crippen molar-refractivity contribution in [2.75, 3.05) is 18.4 Å². The number of hydrogen-bond donors (Lipinski definition) is 2. The van der Waals surface area contributed by atoms with E-state index in [0.717, 1.165) is 5.69 Å². The second-order valence-electron chi connectivity index (χ2n) is 5.38. The molecule has 0 radical (unpaired) electrons. The smallest absolute Gasteiger partial charge is 0.323 e. The quantitative estimate of drug-likeness (QED) is 0.865. The predicted octanol–water partition coefficient (Wildman–Crippen LogP) is 1.96. The van der Waals surface area contributed by atoms with E-state index < -0.39 is 11.9 Å². The Bertz CT molecular complexity index is 518. The SMILES string of the molecule is Cc1cccc(NC(=O)N2CC(C)CC(C(=O)O)C2)n1. The fraction of sp³-hybridized carbons (Fsp3) is 0.500. The standard InChI is InChI=1S/C14H19N3O3/c1-9-6-11(13(18)19)8-17(7-9)14(20)16-12-5-3-4-10(2)15-12/h3-5,9,11H,6-8H2,1-2H3,(H,18,19)(H,15,16,20). The van der Waals surface area contributed by atoms with Gasteiger partial charge >= 0.3 is 12.0 Å². The Morgan fingerprint density at radius 2 is 2.15 bits per heavy atom.